The van der Waals surface area contributed by atoms with Crippen LogP contribution in [0.15, 0.2) is 54.2 Å². The molecule has 0 spiro atoms. The van der Waals surface area contributed by atoms with Crippen LogP contribution in [0.1, 0.15) is 5.56 Å². The minimum Gasteiger partial charge on any atom is -0.301 e. The lowest BCUT2D eigenvalue weighted by Gasteiger charge is -2.25. The summed E-state index contributed by atoms with van der Waals surface area (Å²) >= 11 is 1.74. The van der Waals surface area contributed by atoms with Gasteiger partial charge in [0.15, 0.2) is 11.6 Å². The molecule has 3 aromatic rings. The monoisotopic (exact) mass is 292 g/mol. The quantitative estimate of drug-likeness (QED) is 0.684. The number of para-hydroxylation sites is 1. The number of nitrogens with zero attached hydrogens (tertiary/aromatic N) is 4. The topological polar surface area (TPSA) is 32.3 Å². The summed E-state index contributed by atoms with van der Waals surface area (Å²) in [5.41, 5.74) is 2.63. The summed E-state index contributed by atoms with van der Waals surface area (Å²) in [5, 5.41) is 3.33. The summed E-state index contributed by atoms with van der Waals surface area (Å²) in [5.74, 6) is 1.92. The van der Waals surface area contributed by atoms with E-state index < -0.39 is 0 Å². The molecular weight excluding hydrogens is 280 g/mol. The summed E-state index contributed by atoms with van der Waals surface area (Å²) in [4.78, 5) is 13.8. The van der Waals surface area contributed by atoms with Gasteiger partial charge in [0.25, 0.3) is 0 Å². The van der Waals surface area contributed by atoms with Crippen LogP contribution in [-0.2, 0) is 6.42 Å². The van der Waals surface area contributed by atoms with Crippen molar-refractivity contribution in [1.82, 2.24) is 9.97 Å². The smallest absolute Gasteiger partial charge is 0.179 e. The molecule has 4 nitrogen and oxygen atoms in total. The van der Waals surface area contributed by atoms with Gasteiger partial charge in [-0.25, -0.2) is 9.97 Å². The van der Waals surface area contributed by atoms with E-state index in [4.69, 9.17) is 0 Å². The third-order valence-electron chi connectivity index (χ3n) is 4.11. The summed E-state index contributed by atoms with van der Waals surface area (Å²) in [6.45, 7) is 0. The van der Waals surface area contributed by atoms with Gasteiger partial charge in [-0.05, 0) is 29.1 Å². The fraction of sp³-hybridized carbons (Fsp3) is 0.125. The van der Waals surface area contributed by atoms with E-state index in [-0.39, 0.29) is 6.17 Å². The molecule has 5 rings (SSSR count). The van der Waals surface area contributed by atoms with Crippen LogP contribution in [0.2, 0.25) is 0 Å². The van der Waals surface area contributed by atoms with E-state index in [2.05, 4.69) is 61.5 Å². The van der Waals surface area contributed by atoms with Crippen LogP contribution in [0.25, 0.3) is 0 Å². The number of fused-ring (bicyclic) bond motifs is 5. The van der Waals surface area contributed by atoms with Crippen molar-refractivity contribution in [3.63, 3.8) is 0 Å². The van der Waals surface area contributed by atoms with Gasteiger partial charge in [-0.2, -0.15) is 0 Å². The van der Waals surface area contributed by atoms with Gasteiger partial charge in [0.1, 0.15) is 6.17 Å². The van der Waals surface area contributed by atoms with Crippen molar-refractivity contribution in [1.29, 1.82) is 0 Å². The fourth-order valence-corrected chi connectivity index (χ4v) is 4.07. The van der Waals surface area contributed by atoms with Crippen LogP contribution in [0, 0.1) is 0 Å². The lowest BCUT2D eigenvalue weighted by Crippen LogP contribution is -2.35. The molecule has 4 heterocycles. The number of thiophene rings is 1. The zero-order valence-electron chi connectivity index (χ0n) is 11.2. The van der Waals surface area contributed by atoms with Gasteiger partial charge >= 0.3 is 0 Å². The minimum atomic E-state index is 0.249. The van der Waals surface area contributed by atoms with Crippen molar-refractivity contribution in [2.75, 3.05) is 9.80 Å². The van der Waals surface area contributed by atoms with Gasteiger partial charge in [0.2, 0.25) is 0 Å². The molecule has 1 aromatic carbocycles. The molecule has 21 heavy (non-hydrogen) atoms. The van der Waals surface area contributed by atoms with Crippen molar-refractivity contribution in [3.05, 3.63) is 59.7 Å². The van der Waals surface area contributed by atoms with Gasteiger partial charge in [-0.3, -0.25) is 4.90 Å². The second-order valence-corrected chi connectivity index (χ2v) is 6.13. The number of hydrogen-bond donors (Lipinski definition) is 0. The number of benzene rings is 1. The number of hydrogen-bond acceptors (Lipinski definition) is 5. The highest BCUT2D eigenvalue weighted by atomic mass is 32.1. The van der Waals surface area contributed by atoms with Crippen LogP contribution in [-0.4, -0.2) is 16.1 Å². The molecule has 1 unspecified atom stereocenters. The van der Waals surface area contributed by atoms with E-state index in [1.165, 1.54) is 16.3 Å². The lowest BCUT2D eigenvalue weighted by atomic mass is 10.1. The minimum absolute atomic E-state index is 0.249. The first-order valence-electron chi connectivity index (χ1n) is 6.94. The van der Waals surface area contributed by atoms with Crippen molar-refractivity contribution in [2.24, 2.45) is 0 Å². The molecule has 5 heteroatoms. The van der Waals surface area contributed by atoms with E-state index in [1.54, 1.807) is 23.7 Å². The molecule has 0 radical (unpaired) electrons. The highest BCUT2D eigenvalue weighted by Gasteiger charge is 2.44. The predicted octanol–water partition coefficient (Wildman–Crippen LogP) is 3.71. The van der Waals surface area contributed by atoms with Gasteiger partial charge in [-0.15, -0.1) is 11.3 Å². The second kappa shape index (κ2) is 4.05. The first-order valence-corrected chi connectivity index (χ1v) is 7.82. The Morgan fingerprint density at radius 2 is 1.76 bits per heavy atom. The Morgan fingerprint density at radius 3 is 2.57 bits per heavy atom. The molecule has 102 valence electrons. The Morgan fingerprint density at radius 1 is 0.952 bits per heavy atom. The van der Waals surface area contributed by atoms with Gasteiger partial charge < -0.3 is 4.90 Å². The zero-order chi connectivity index (χ0) is 13.8. The maximum Gasteiger partial charge on any atom is 0.179 e. The Labute approximate surface area is 126 Å². The van der Waals surface area contributed by atoms with Crippen molar-refractivity contribution >= 4 is 33.7 Å². The molecule has 2 aromatic heterocycles. The van der Waals surface area contributed by atoms with Crippen LogP contribution in [0.4, 0.5) is 22.3 Å². The zero-order valence-corrected chi connectivity index (χ0v) is 12.0. The van der Waals surface area contributed by atoms with Crippen LogP contribution in [0.3, 0.4) is 0 Å². The van der Waals surface area contributed by atoms with E-state index in [0.29, 0.717) is 0 Å². The summed E-state index contributed by atoms with van der Waals surface area (Å²) in [6, 6.07) is 12.8. The lowest BCUT2D eigenvalue weighted by molar-refractivity contribution is 0.727. The second-order valence-electron chi connectivity index (χ2n) is 5.21. The van der Waals surface area contributed by atoms with Gasteiger partial charge in [0.05, 0.1) is 5.00 Å². The van der Waals surface area contributed by atoms with Crippen molar-refractivity contribution in [3.8, 4) is 0 Å². The van der Waals surface area contributed by atoms with Gasteiger partial charge in [0, 0.05) is 24.5 Å². The molecule has 2 aliphatic heterocycles. The highest BCUT2D eigenvalue weighted by Crippen LogP contribution is 2.51. The summed E-state index contributed by atoms with van der Waals surface area (Å²) in [7, 11) is 0. The maximum absolute atomic E-state index is 4.59. The van der Waals surface area contributed by atoms with E-state index in [9.17, 15) is 0 Å². The first-order chi connectivity index (χ1) is 10.4. The number of anilines is 4. The Kier molecular flexibility index (Phi) is 2.18. The van der Waals surface area contributed by atoms with E-state index in [1.807, 2.05) is 0 Å². The average molecular weight is 292 g/mol. The molecule has 2 aliphatic rings. The molecule has 0 aliphatic carbocycles. The molecular formula is C16H12N4S. The van der Waals surface area contributed by atoms with Gasteiger partial charge in [-0.1, -0.05) is 18.2 Å². The molecule has 1 atom stereocenters. The Bertz CT molecular complexity index is 813. The van der Waals surface area contributed by atoms with Crippen LogP contribution >= 0.6 is 11.3 Å². The molecule has 0 N–H and O–H groups in total. The number of rotatable bonds is 1. The maximum atomic E-state index is 4.59. The van der Waals surface area contributed by atoms with Crippen LogP contribution < -0.4 is 9.80 Å². The highest BCUT2D eigenvalue weighted by molar-refractivity contribution is 7.14. The molecule has 0 saturated carbocycles. The number of aromatic nitrogens is 2. The third-order valence-corrected chi connectivity index (χ3v) is 4.98. The SMILES string of the molecule is c1csc(N2c3nccnc3N3c4ccccc4CC23)c1. The molecule has 0 bridgehead atoms. The Hall–Kier alpha value is -2.40. The van der Waals surface area contributed by atoms with E-state index >= 15 is 0 Å². The summed E-state index contributed by atoms with van der Waals surface area (Å²) < 4.78 is 0. The molecule has 0 saturated heterocycles. The standard InChI is InChI=1S/C16H12N4S/c1-2-5-12-11(4-1)10-13-19(12)15-16(18-8-7-17-15)20(13)14-6-3-9-21-14/h1-9,13H,10H2. The normalized spacial score (nSPS) is 18.6. The molecule has 0 amide bonds. The molecule has 0 fully saturated rings. The fourth-order valence-electron chi connectivity index (χ4n) is 3.29. The average Bonchev–Trinajstić information content (AvgIpc) is 3.21. The van der Waals surface area contributed by atoms with Crippen molar-refractivity contribution in [2.45, 2.75) is 12.6 Å². The summed E-state index contributed by atoms with van der Waals surface area (Å²) in [6.07, 6.45) is 4.78. The van der Waals surface area contributed by atoms with Crippen LogP contribution in [0.5, 0.6) is 0 Å². The predicted molar refractivity (Wildman–Crippen MR) is 84.6 cm³/mol. The third kappa shape index (κ3) is 1.44. The largest absolute Gasteiger partial charge is 0.301 e. The van der Waals surface area contributed by atoms with Crippen molar-refractivity contribution < 1.29 is 0 Å². The Balaban J connectivity index is 1.75. The first kappa shape index (κ1) is 11.3. The van der Waals surface area contributed by atoms with E-state index in [0.717, 1.165) is 18.1 Å².